The second-order valence-electron chi connectivity index (χ2n) is 4.42. The van der Waals surface area contributed by atoms with Crippen molar-refractivity contribution in [3.8, 4) is 0 Å². The van der Waals surface area contributed by atoms with Crippen molar-refractivity contribution < 1.29 is 0 Å². The maximum atomic E-state index is 6.22. The Morgan fingerprint density at radius 1 is 1.33 bits per heavy atom. The fraction of sp³-hybridized carbons (Fsp3) is 0.615. The van der Waals surface area contributed by atoms with Gasteiger partial charge in [-0.1, -0.05) is 37.0 Å². The lowest BCUT2D eigenvalue weighted by Crippen LogP contribution is -2.29. The van der Waals surface area contributed by atoms with Crippen LogP contribution >= 0.6 is 23.2 Å². The van der Waals surface area contributed by atoms with E-state index in [1.807, 2.05) is 7.05 Å². The fourth-order valence-electron chi connectivity index (χ4n) is 1.55. The first kappa shape index (κ1) is 15.4. The molecule has 0 saturated carbocycles. The van der Waals surface area contributed by atoms with Crippen molar-refractivity contribution in [1.29, 1.82) is 0 Å². The van der Waals surface area contributed by atoms with E-state index in [4.69, 9.17) is 23.2 Å². The highest BCUT2D eigenvalue weighted by molar-refractivity contribution is 6.37. The third-order valence-electron chi connectivity index (χ3n) is 3.04. The molecule has 1 rings (SSSR count). The summed E-state index contributed by atoms with van der Waals surface area (Å²) < 4.78 is 0. The summed E-state index contributed by atoms with van der Waals surface area (Å²) in [6.45, 7) is 7.23. The van der Waals surface area contributed by atoms with Crippen molar-refractivity contribution in [2.75, 3.05) is 23.8 Å². The average Bonchev–Trinajstić information content (AvgIpc) is 2.36. The Labute approximate surface area is 119 Å². The van der Waals surface area contributed by atoms with Crippen LogP contribution in [0.5, 0.6) is 0 Å². The summed E-state index contributed by atoms with van der Waals surface area (Å²) in [4.78, 5) is 6.61. The molecule has 0 fully saturated rings. The van der Waals surface area contributed by atoms with Crippen molar-refractivity contribution in [3.05, 3.63) is 16.1 Å². The molecular weight excluding hydrogens is 269 g/mol. The Kier molecular flexibility index (Phi) is 6.03. The summed E-state index contributed by atoms with van der Waals surface area (Å²) in [5, 5.41) is 4.37. The molecule has 102 valence electrons. The number of nitrogens with zero attached hydrogens (tertiary/aromatic N) is 2. The molecule has 1 N–H and O–H groups in total. The lowest BCUT2D eigenvalue weighted by molar-refractivity contribution is 0.657. The second-order valence-corrected chi connectivity index (χ2v) is 5.23. The smallest absolute Gasteiger partial charge is 0.149 e. The number of anilines is 2. The monoisotopic (exact) mass is 289 g/mol. The van der Waals surface area contributed by atoms with Crippen molar-refractivity contribution in [3.63, 3.8) is 0 Å². The molecule has 0 aromatic carbocycles. The number of halogens is 2. The van der Waals surface area contributed by atoms with Crippen LogP contribution in [-0.2, 0) is 0 Å². The van der Waals surface area contributed by atoms with Gasteiger partial charge in [0.15, 0.2) is 0 Å². The van der Waals surface area contributed by atoms with Crippen LogP contribution in [0.1, 0.15) is 33.6 Å². The first-order valence-electron chi connectivity index (χ1n) is 6.33. The third kappa shape index (κ3) is 3.66. The number of rotatable bonds is 6. The SMILES string of the molecule is CCCNc1nc(N(C)C(C)CC)c(Cl)cc1Cl. The number of aromatic nitrogens is 1. The zero-order valence-electron chi connectivity index (χ0n) is 11.4. The first-order chi connectivity index (χ1) is 8.51. The molecule has 1 heterocycles. The van der Waals surface area contributed by atoms with Crippen LogP contribution in [-0.4, -0.2) is 24.6 Å². The van der Waals surface area contributed by atoms with Crippen molar-refractivity contribution >= 4 is 34.8 Å². The molecule has 1 unspecified atom stereocenters. The summed E-state index contributed by atoms with van der Waals surface area (Å²) in [6.07, 6.45) is 2.06. The van der Waals surface area contributed by atoms with Crippen molar-refractivity contribution in [1.82, 2.24) is 4.98 Å². The van der Waals surface area contributed by atoms with Gasteiger partial charge in [-0.3, -0.25) is 0 Å². The highest BCUT2D eigenvalue weighted by Crippen LogP contribution is 2.32. The Morgan fingerprint density at radius 3 is 2.56 bits per heavy atom. The average molecular weight is 290 g/mol. The Bertz CT molecular complexity index is 396. The van der Waals surface area contributed by atoms with Crippen LogP contribution < -0.4 is 10.2 Å². The molecule has 0 amide bonds. The van der Waals surface area contributed by atoms with E-state index in [1.54, 1.807) is 6.07 Å². The molecular formula is C13H21Cl2N3. The van der Waals surface area contributed by atoms with E-state index in [9.17, 15) is 0 Å². The summed E-state index contributed by atoms with van der Waals surface area (Å²) in [7, 11) is 2.00. The molecule has 1 atom stereocenters. The molecule has 18 heavy (non-hydrogen) atoms. The third-order valence-corrected chi connectivity index (χ3v) is 3.61. The van der Waals surface area contributed by atoms with Crippen LogP contribution in [0.3, 0.4) is 0 Å². The number of pyridine rings is 1. The molecule has 1 aromatic heterocycles. The summed E-state index contributed by atoms with van der Waals surface area (Å²) in [5.74, 6) is 1.47. The second kappa shape index (κ2) is 7.05. The lowest BCUT2D eigenvalue weighted by Gasteiger charge is -2.26. The van der Waals surface area contributed by atoms with Gasteiger partial charge in [0.1, 0.15) is 11.6 Å². The molecule has 0 spiro atoms. The normalized spacial score (nSPS) is 12.3. The highest BCUT2D eigenvalue weighted by atomic mass is 35.5. The lowest BCUT2D eigenvalue weighted by atomic mass is 10.2. The van der Waals surface area contributed by atoms with Gasteiger partial charge >= 0.3 is 0 Å². The van der Waals surface area contributed by atoms with E-state index in [1.165, 1.54) is 0 Å². The zero-order chi connectivity index (χ0) is 13.7. The molecule has 0 aliphatic rings. The first-order valence-corrected chi connectivity index (χ1v) is 7.09. The van der Waals surface area contributed by atoms with Crippen LogP contribution in [0.2, 0.25) is 10.0 Å². The molecule has 0 saturated heterocycles. The van der Waals surface area contributed by atoms with E-state index >= 15 is 0 Å². The van der Waals surface area contributed by atoms with Gasteiger partial charge in [-0.25, -0.2) is 4.98 Å². The number of hydrogen-bond donors (Lipinski definition) is 1. The van der Waals surface area contributed by atoms with Gasteiger partial charge in [0, 0.05) is 19.6 Å². The van der Waals surface area contributed by atoms with E-state index in [0.29, 0.717) is 21.9 Å². The predicted octanol–water partition coefficient (Wildman–Crippen LogP) is 4.45. The maximum Gasteiger partial charge on any atom is 0.149 e. The Hall–Kier alpha value is -0.670. The quantitative estimate of drug-likeness (QED) is 0.839. The number of hydrogen-bond acceptors (Lipinski definition) is 3. The Morgan fingerprint density at radius 2 is 2.00 bits per heavy atom. The predicted molar refractivity (Wildman–Crippen MR) is 81.2 cm³/mol. The van der Waals surface area contributed by atoms with E-state index in [0.717, 1.165) is 25.2 Å². The molecule has 1 aromatic rings. The summed E-state index contributed by atoms with van der Waals surface area (Å²) >= 11 is 12.3. The Balaban J connectivity index is 3.04. The minimum atomic E-state index is 0.384. The molecule has 3 nitrogen and oxygen atoms in total. The molecule has 5 heteroatoms. The largest absolute Gasteiger partial charge is 0.369 e. The van der Waals surface area contributed by atoms with E-state index in [-0.39, 0.29) is 0 Å². The van der Waals surface area contributed by atoms with Gasteiger partial charge in [0.05, 0.1) is 10.0 Å². The molecule has 0 bridgehead atoms. The van der Waals surface area contributed by atoms with Gasteiger partial charge in [0.25, 0.3) is 0 Å². The maximum absolute atomic E-state index is 6.22. The van der Waals surface area contributed by atoms with Crippen LogP contribution in [0.15, 0.2) is 6.07 Å². The van der Waals surface area contributed by atoms with E-state index < -0.39 is 0 Å². The van der Waals surface area contributed by atoms with Gasteiger partial charge in [0.2, 0.25) is 0 Å². The highest BCUT2D eigenvalue weighted by Gasteiger charge is 2.15. The van der Waals surface area contributed by atoms with Gasteiger partial charge < -0.3 is 10.2 Å². The van der Waals surface area contributed by atoms with E-state index in [2.05, 4.69) is 36.0 Å². The fourth-order valence-corrected chi connectivity index (χ4v) is 2.11. The summed E-state index contributed by atoms with van der Waals surface area (Å²) in [6, 6.07) is 2.14. The molecule has 0 radical (unpaired) electrons. The van der Waals surface area contributed by atoms with Gasteiger partial charge in [-0.2, -0.15) is 0 Å². The molecule has 0 aliphatic heterocycles. The van der Waals surface area contributed by atoms with Gasteiger partial charge in [-0.15, -0.1) is 0 Å². The molecule has 0 aliphatic carbocycles. The number of nitrogens with one attached hydrogen (secondary N) is 1. The summed E-state index contributed by atoms with van der Waals surface area (Å²) in [5.41, 5.74) is 0. The van der Waals surface area contributed by atoms with Crippen LogP contribution in [0.4, 0.5) is 11.6 Å². The standard InChI is InChI=1S/C13H21Cl2N3/c1-5-7-16-12-10(14)8-11(15)13(17-12)18(4)9(3)6-2/h8-9H,5-7H2,1-4H3,(H,16,17). The van der Waals surface area contributed by atoms with Crippen LogP contribution in [0, 0.1) is 0 Å². The van der Waals surface area contributed by atoms with Crippen molar-refractivity contribution in [2.24, 2.45) is 0 Å². The van der Waals surface area contributed by atoms with Crippen molar-refractivity contribution in [2.45, 2.75) is 39.7 Å². The minimum Gasteiger partial charge on any atom is -0.369 e. The topological polar surface area (TPSA) is 28.2 Å². The zero-order valence-corrected chi connectivity index (χ0v) is 12.9. The van der Waals surface area contributed by atoms with Gasteiger partial charge in [-0.05, 0) is 25.8 Å². The van der Waals surface area contributed by atoms with Crippen LogP contribution in [0.25, 0.3) is 0 Å². The minimum absolute atomic E-state index is 0.384.